The quantitative estimate of drug-likeness (QED) is 0.780. The summed E-state index contributed by atoms with van der Waals surface area (Å²) >= 11 is 5.55. The van der Waals surface area contributed by atoms with Crippen LogP contribution in [0.15, 0.2) is 18.2 Å². The predicted molar refractivity (Wildman–Crippen MR) is 60.1 cm³/mol. The first-order valence-corrected chi connectivity index (χ1v) is 5.37. The molecule has 0 bridgehead atoms. The number of unbranched alkanes of at least 4 members (excludes halogenated alkanes) is 1. The average molecular weight is 246 g/mol. The van der Waals surface area contributed by atoms with E-state index in [0.29, 0.717) is 24.9 Å². The van der Waals surface area contributed by atoms with E-state index in [1.165, 1.54) is 12.1 Å². The lowest BCUT2D eigenvalue weighted by Gasteiger charge is -2.05. The molecule has 1 aromatic rings. The summed E-state index contributed by atoms with van der Waals surface area (Å²) in [5.74, 6) is -0.835. The van der Waals surface area contributed by atoms with Gasteiger partial charge in [-0.15, -0.1) is 0 Å². The highest BCUT2D eigenvalue weighted by atomic mass is 35.5. The van der Waals surface area contributed by atoms with Crippen molar-refractivity contribution in [3.05, 3.63) is 34.6 Å². The minimum absolute atomic E-state index is 0.0667. The first-order chi connectivity index (χ1) is 7.65. The fourth-order valence-electron chi connectivity index (χ4n) is 1.18. The molecule has 0 unspecified atom stereocenters. The third-order valence-corrected chi connectivity index (χ3v) is 2.34. The Morgan fingerprint density at radius 1 is 1.44 bits per heavy atom. The summed E-state index contributed by atoms with van der Waals surface area (Å²) in [5.41, 5.74) is 0.329. The van der Waals surface area contributed by atoms with Gasteiger partial charge in [-0.3, -0.25) is 4.79 Å². The van der Waals surface area contributed by atoms with Crippen molar-refractivity contribution in [3.8, 4) is 0 Å². The molecule has 0 atom stereocenters. The van der Waals surface area contributed by atoms with Gasteiger partial charge < -0.3 is 10.4 Å². The molecule has 0 fully saturated rings. The second kappa shape index (κ2) is 6.45. The lowest BCUT2D eigenvalue weighted by Crippen LogP contribution is -2.24. The number of hydrogen-bond acceptors (Lipinski definition) is 2. The molecule has 0 heterocycles. The van der Waals surface area contributed by atoms with Gasteiger partial charge >= 0.3 is 0 Å². The Labute approximate surface area is 98.2 Å². The van der Waals surface area contributed by atoms with Crippen LogP contribution in [0.1, 0.15) is 23.2 Å². The van der Waals surface area contributed by atoms with Crippen LogP contribution in [0.25, 0.3) is 0 Å². The Morgan fingerprint density at radius 2 is 2.19 bits per heavy atom. The van der Waals surface area contributed by atoms with Crippen molar-refractivity contribution < 1.29 is 14.3 Å². The van der Waals surface area contributed by atoms with Crippen molar-refractivity contribution in [1.29, 1.82) is 0 Å². The number of aliphatic hydroxyl groups is 1. The molecule has 0 aromatic heterocycles. The zero-order valence-electron chi connectivity index (χ0n) is 8.67. The number of aliphatic hydroxyl groups excluding tert-OH is 1. The zero-order valence-corrected chi connectivity index (χ0v) is 9.43. The highest BCUT2D eigenvalue weighted by Gasteiger charge is 2.07. The van der Waals surface area contributed by atoms with Gasteiger partial charge in [0.15, 0.2) is 0 Å². The topological polar surface area (TPSA) is 49.3 Å². The number of carbonyl (C=O) groups is 1. The number of amides is 1. The van der Waals surface area contributed by atoms with Crippen molar-refractivity contribution in [2.24, 2.45) is 0 Å². The molecule has 16 heavy (non-hydrogen) atoms. The van der Waals surface area contributed by atoms with E-state index in [2.05, 4.69) is 5.32 Å². The van der Waals surface area contributed by atoms with E-state index < -0.39 is 5.82 Å². The molecule has 0 radical (unpaired) electrons. The lowest BCUT2D eigenvalue weighted by atomic mass is 10.2. The first kappa shape index (κ1) is 12.9. The van der Waals surface area contributed by atoms with E-state index in [-0.39, 0.29) is 17.5 Å². The van der Waals surface area contributed by atoms with Gasteiger partial charge in [0.05, 0.1) is 5.02 Å². The Bertz CT molecular complexity index is 371. The molecule has 0 spiro atoms. The zero-order chi connectivity index (χ0) is 12.0. The second-order valence-corrected chi connectivity index (χ2v) is 3.72. The van der Waals surface area contributed by atoms with E-state index in [1.807, 2.05) is 0 Å². The largest absolute Gasteiger partial charge is 0.396 e. The van der Waals surface area contributed by atoms with Crippen LogP contribution in [0.2, 0.25) is 5.02 Å². The summed E-state index contributed by atoms with van der Waals surface area (Å²) in [7, 11) is 0. The van der Waals surface area contributed by atoms with Crippen LogP contribution < -0.4 is 5.32 Å². The van der Waals surface area contributed by atoms with Gasteiger partial charge in [0.25, 0.3) is 5.91 Å². The van der Waals surface area contributed by atoms with Crippen molar-refractivity contribution in [2.45, 2.75) is 12.8 Å². The SMILES string of the molecule is O=C(NCCCCO)c1ccc(F)c(Cl)c1. The Kier molecular flexibility index (Phi) is 5.22. The molecule has 88 valence electrons. The van der Waals surface area contributed by atoms with E-state index in [1.54, 1.807) is 0 Å². The summed E-state index contributed by atoms with van der Waals surface area (Å²) in [6.45, 7) is 0.590. The van der Waals surface area contributed by atoms with Crippen LogP contribution in [0.3, 0.4) is 0 Å². The van der Waals surface area contributed by atoms with Crippen LogP contribution >= 0.6 is 11.6 Å². The van der Waals surface area contributed by atoms with Crippen molar-refractivity contribution >= 4 is 17.5 Å². The Morgan fingerprint density at radius 3 is 2.81 bits per heavy atom. The summed E-state index contributed by atoms with van der Waals surface area (Å²) in [5, 5.41) is 11.1. The van der Waals surface area contributed by atoms with Gasteiger partial charge in [-0.1, -0.05) is 11.6 Å². The lowest BCUT2D eigenvalue weighted by molar-refractivity contribution is 0.0952. The molecule has 3 nitrogen and oxygen atoms in total. The molecule has 0 aliphatic heterocycles. The molecule has 1 amide bonds. The first-order valence-electron chi connectivity index (χ1n) is 4.99. The molecule has 5 heteroatoms. The van der Waals surface area contributed by atoms with E-state index in [0.717, 1.165) is 6.07 Å². The Balaban J connectivity index is 2.50. The van der Waals surface area contributed by atoms with Gasteiger partial charge in [-0.05, 0) is 31.0 Å². The van der Waals surface area contributed by atoms with E-state index in [4.69, 9.17) is 16.7 Å². The minimum Gasteiger partial charge on any atom is -0.396 e. The standard InChI is InChI=1S/C11H13ClFNO2/c12-9-7-8(3-4-10(9)13)11(16)14-5-1-2-6-15/h3-4,7,15H,1-2,5-6H2,(H,14,16). The van der Waals surface area contributed by atoms with Crippen LogP contribution in [-0.2, 0) is 0 Å². The average Bonchev–Trinajstić information content (AvgIpc) is 2.28. The van der Waals surface area contributed by atoms with Gasteiger partial charge in [-0.2, -0.15) is 0 Å². The monoisotopic (exact) mass is 245 g/mol. The van der Waals surface area contributed by atoms with Crippen LogP contribution in [0.5, 0.6) is 0 Å². The molecule has 0 saturated carbocycles. The van der Waals surface area contributed by atoms with Crippen molar-refractivity contribution in [3.63, 3.8) is 0 Å². The van der Waals surface area contributed by atoms with Gasteiger partial charge in [0.1, 0.15) is 5.82 Å². The normalized spacial score (nSPS) is 10.2. The number of carbonyl (C=O) groups excluding carboxylic acids is 1. The molecular formula is C11H13ClFNO2. The summed E-state index contributed by atoms with van der Waals surface area (Å²) in [6, 6.07) is 3.83. The maximum Gasteiger partial charge on any atom is 0.251 e. The molecular weight excluding hydrogens is 233 g/mol. The maximum absolute atomic E-state index is 12.8. The smallest absolute Gasteiger partial charge is 0.251 e. The second-order valence-electron chi connectivity index (χ2n) is 3.32. The number of hydrogen-bond donors (Lipinski definition) is 2. The minimum atomic E-state index is -0.543. The Hall–Kier alpha value is -1.13. The predicted octanol–water partition coefficient (Wildman–Crippen LogP) is 1.98. The molecule has 0 saturated heterocycles. The van der Waals surface area contributed by atoms with Gasteiger partial charge in [0.2, 0.25) is 0 Å². The molecule has 0 aliphatic carbocycles. The summed E-state index contributed by atoms with van der Waals surface area (Å²) < 4.78 is 12.8. The fourth-order valence-corrected chi connectivity index (χ4v) is 1.36. The number of benzene rings is 1. The third-order valence-electron chi connectivity index (χ3n) is 2.05. The van der Waals surface area contributed by atoms with Crippen LogP contribution in [0, 0.1) is 5.82 Å². The molecule has 1 aromatic carbocycles. The van der Waals surface area contributed by atoms with E-state index >= 15 is 0 Å². The third kappa shape index (κ3) is 3.79. The highest BCUT2D eigenvalue weighted by molar-refractivity contribution is 6.31. The van der Waals surface area contributed by atoms with Gasteiger partial charge in [-0.25, -0.2) is 4.39 Å². The highest BCUT2D eigenvalue weighted by Crippen LogP contribution is 2.15. The van der Waals surface area contributed by atoms with Crippen molar-refractivity contribution in [2.75, 3.05) is 13.2 Å². The summed E-state index contributed by atoms with van der Waals surface area (Å²) in [6.07, 6.45) is 1.35. The number of nitrogens with one attached hydrogen (secondary N) is 1. The van der Waals surface area contributed by atoms with Crippen molar-refractivity contribution in [1.82, 2.24) is 5.32 Å². The van der Waals surface area contributed by atoms with E-state index in [9.17, 15) is 9.18 Å². The van der Waals surface area contributed by atoms with Crippen LogP contribution in [0.4, 0.5) is 4.39 Å². The van der Waals surface area contributed by atoms with Gasteiger partial charge in [0, 0.05) is 18.7 Å². The molecule has 2 N–H and O–H groups in total. The van der Waals surface area contributed by atoms with Crippen LogP contribution in [-0.4, -0.2) is 24.2 Å². The molecule has 0 aliphatic rings. The molecule has 1 rings (SSSR count). The summed E-state index contributed by atoms with van der Waals surface area (Å²) in [4.78, 5) is 11.5. The number of rotatable bonds is 5. The number of halogens is 2. The fraction of sp³-hybridized carbons (Fsp3) is 0.364. The maximum atomic E-state index is 12.8.